The molecule has 2 heterocycles. The van der Waals surface area contributed by atoms with Gasteiger partial charge in [0.15, 0.2) is 5.76 Å². The quantitative estimate of drug-likeness (QED) is 0.922. The number of rotatable bonds is 2. The Morgan fingerprint density at radius 3 is 2.76 bits per heavy atom. The number of benzene rings is 1. The normalized spacial score (nSPS) is 19.4. The minimum Gasteiger partial charge on any atom is -0.480 e. The van der Waals surface area contributed by atoms with Crippen molar-refractivity contribution in [2.24, 2.45) is 0 Å². The van der Waals surface area contributed by atoms with E-state index >= 15 is 0 Å². The van der Waals surface area contributed by atoms with Crippen LogP contribution in [0.25, 0.3) is 11.0 Å². The summed E-state index contributed by atoms with van der Waals surface area (Å²) in [5.74, 6) is -1.06. The molecule has 1 aliphatic rings. The topological polar surface area (TPSA) is 70.8 Å². The molecule has 1 aromatic carbocycles. The molecule has 0 aliphatic carbocycles. The number of nitrogens with zero attached hydrogens (tertiary/aromatic N) is 1. The number of para-hydroxylation sites is 1. The molecule has 1 aromatic heterocycles. The molecule has 1 atom stereocenters. The Morgan fingerprint density at radius 2 is 2.00 bits per heavy atom. The largest absolute Gasteiger partial charge is 0.480 e. The smallest absolute Gasteiger partial charge is 0.326 e. The Kier molecular flexibility index (Phi) is 3.64. The van der Waals surface area contributed by atoms with Crippen LogP contribution < -0.4 is 0 Å². The highest BCUT2D eigenvalue weighted by Crippen LogP contribution is 2.24. The first-order valence-corrected chi connectivity index (χ1v) is 7.19. The Balaban J connectivity index is 1.92. The van der Waals surface area contributed by atoms with Gasteiger partial charge in [0, 0.05) is 11.9 Å². The first-order chi connectivity index (χ1) is 10.2. The van der Waals surface area contributed by atoms with Crippen LogP contribution in [0.2, 0.25) is 0 Å². The average molecular weight is 287 g/mol. The van der Waals surface area contributed by atoms with Crippen molar-refractivity contribution in [1.82, 2.24) is 4.90 Å². The van der Waals surface area contributed by atoms with Gasteiger partial charge in [-0.05, 0) is 25.0 Å². The van der Waals surface area contributed by atoms with Gasteiger partial charge in [-0.15, -0.1) is 0 Å². The third-order valence-electron chi connectivity index (χ3n) is 3.94. The Bertz CT molecular complexity index is 643. The van der Waals surface area contributed by atoms with Crippen molar-refractivity contribution >= 4 is 22.8 Å². The van der Waals surface area contributed by atoms with Gasteiger partial charge in [-0.1, -0.05) is 31.0 Å². The van der Waals surface area contributed by atoms with Crippen LogP contribution in [0.4, 0.5) is 0 Å². The SMILES string of the molecule is O=C(O)C1CCCCCN1C(=O)c1cc2ccccc2o1. The van der Waals surface area contributed by atoms with Gasteiger partial charge in [-0.2, -0.15) is 0 Å². The number of aliphatic carboxylic acids is 1. The highest BCUT2D eigenvalue weighted by molar-refractivity contribution is 5.98. The summed E-state index contributed by atoms with van der Waals surface area (Å²) in [5.41, 5.74) is 0.641. The number of amides is 1. The van der Waals surface area contributed by atoms with Gasteiger partial charge in [0.05, 0.1) is 0 Å². The van der Waals surface area contributed by atoms with E-state index in [1.165, 1.54) is 4.90 Å². The molecule has 1 saturated heterocycles. The lowest BCUT2D eigenvalue weighted by Crippen LogP contribution is -2.44. The summed E-state index contributed by atoms with van der Waals surface area (Å²) in [7, 11) is 0. The predicted molar refractivity (Wildman–Crippen MR) is 77.1 cm³/mol. The summed E-state index contributed by atoms with van der Waals surface area (Å²) >= 11 is 0. The summed E-state index contributed by atoms with van der Waals surface area (Å²) in [5, 5.41) is 10.2. The molecule has 110 valence electrons. The van der Waals surface area contributed by atoms with Gasteiger partial charge in [0.1, 0.15) is 11.6 Å². The second-order valence-electron chi connectivity index (χ2n) is 5.35. The predicted octanol–water partition coefficient (Wildman–Crippen LogP) is 2.90. The Labute approximate surface area is 122 Å². The molecule has 0 spiro atoms. The van der Waals surface area contributed by atoms with Gasteiger partial charge in [-0.3, -0.25) is 4.79 Å². The maximum atomic E-state index is 12.6. The van der Waals surface area contributed by atoms with Crippen molar-refractivity contribution in [3.05, 3.63) is 36.1 Å². The maximum Gasteiger partial charge on any atom is 0.326 e. The minimum absolute atomic E-state index is 0.212. The summed E-state index contributed by atoms with van der Waals surface area (Å²) in [6, 6.07) is 8.30. The molecule has 0 saturated carbocycles. The number of likely N-dealkylation sites (tertiary alicyclic amines) is 1. The third-order valence-corrected chi connectivity index (χ3v) is 3.94. The average Bonchev–Trinajstić information content (AvgIpc) is 2.75. The third kappa shape index (κ3) is 2.63. The summed E-state index contributed by atoms with van der Waals surface area (Å²) < 4.78 is 5.57. The van der Waals surface area contributed by atoms with Crippen molar-refractivity contribution < 1.29 is 19.1 Å². The van der Waals surface area contributed by atoms with Crippen LogP contribution in [0.5, 0.6) is 0 Å². The molecule has 1 amide bonds. The van der Waals surface area contributed by atoms with Crippen molar-refractivity contribution in [3.8, 4) is 0 Å². The van der Waals surface area contributed by atoms with Crippen LogP contribution in [0.3, 0.4) is 0 Å². The van der Waals surface area contributed by atoms with E-state index in [-0.39, 0.29) is 11.7 Å². The lowest BCUT2D eigenvalue weighted by Gasteiger charge is -2.25. The standard InChI is InChI=1S/C16H17NO4/c18-15(14-10-11-6-3-4-8-13(11)21-14)17-9-5-1-2-7-12(17)16(19)20/h3-4,6,8,10,12H,1-2,5,7,9H2,(H,19,20). The first kappa shape index (κ1) is 13.7. The zero-order valence-corrected chi connectivity index (χ0v) is 11.6. The highest BCUT2D eigenvalue weighted by atomic mass is 16.4. The van der Waals surface area contributed by atoms with Gasteiger partial charge in [-0.25, -0.2) is 4.79 Å². The monoisotopic (exact) mass is 287 g/mol. The fourth-order valence-corrected chi connectivity index (χ4v) is 2.84. The minimum atomic E-state index is -0.943. The van der Waals surface area contributed by atoms with Crippen LogP contribution in [-0.2, 0) is 4.79 Å². The number of hydrogen-bond donors (Lipinski definition) is 1. The van der Waals surface area contributed by atoms with Crippen LogP contribution in [0.15, 0.2) is 34.7 Å². The number of carboxylic acids is 1. The molecule has 1 aliphatic heterocycles. The number of carbonyl (C=O) groups is 2. The van der Waals surface area contributed by atoms with E-state index in [0.29, 0.717) is 18.5 Å². The van der Waals surface area contributed by atoms with E-state index in [4.69, 9.17) is 4.42 Å². The fraction of sp³-hybridized carbons (Fsp3) is 0.375. The van der Waals surface area contributed by atoms with Gasteiger partial charge in [0.25, 0.3) is 5.91 Å². The molecule has 21 heavy (non-hydrogen) atoms. The second kappa shape index (κ2) is 5.60. The Morgan fingerprint density at radius 1 is 1.19 bits per heavy atom. The molecule has 0 radical (unpaired) electrons. The molecule has 2 aromatic rings. The van der Waals surface area contributed by atoms with Gasteiger partial charge >= 0.3 is 5.97 Å². The molecule has 3 rings (SSSR count). The van der Waals surface area contributed by atoms with E-state index in [0.717, 1.165) is 24.6 Å². The molecule has 0 bridgehead atoms. The summed E-state index contributed by atoms with van der Waals surface area (Å²) in [4.78, 5) is 25.4. The first-order valence-electron chi connectivity index (χ1n) is 7.19. The van der Waals surface area contributed by atoms with E-state index < -0.39 is 12.0 Å². The van der Waals surface area contributed by atoms with E-state index in [2.05, 4.69) is 0 Å². The van der Waals surface area contributed by atoms with Gasteiger partial charge < -0.3 is 14.4 Å². The number of fused-ring (bicyclic) bond motifs is 1. The lowest BCUT2D eigenvalue weighted by molar-refractivity contribution is -0.142. The molecule has 5 nitrogen and oxygen atoms in total. The van der Waals surface area contributed by atoms with Crippen molar-refractivity contribution in [2.45, 2.75) is 31.7 Å². The van der Waals surface area contributed by atoms with Crippen LogP contribution in [0, 0.1) is 0 Å². The molecule has 1 fully saturated rings. The van der Waals surface area contributed by atoms with Crippen molar-refractivity contribution in [3.63, 3.8) is 0 Å². The van der Waals surface area contributed by atoms with Crippen LogP contribution >= 0.6 is 0 Å². The molecule has 1 unspecified atom stereocenters. The number of furan rings is 1. The highest BCUT2D eigenvalue weighted by Gasteiger charge is 2.32. The Hall–Kier alpha value is -2.30. The van der Waals surface area contributed by atoms with E-state index in [1.54, 1.807) is 12.1 Å². The van der Waals surface area contributed by atoms with Crippen LogP contribution in [0.1, 0.15) is 36.2 Å². The van der Waals surface area contributed by atoms with Crippen LogP contribution in [-0.4, -0.2) is 34.5 Å². The molecular formula is C16H17NO4. The lowest BCUT2D eigenvalue weighted by atomic mass is 10.1. The van der Waals surface area contributed by atoms with Crippen molar-refractivity contribution in [2.75, 3.05) is 6.54 Å². The zero-order chi connectivity index (χ0) is 14.8. The van der Waals surface area contributed by atoms with Crippen molar-refractivity contribution in [1.29, 1.82) is 0 Å². The summed E-state index contributed by atoms with van der Waals surface area (Å²) in [6.45, 7) is 0.465. The number of hydrogen-bond acceptors (Lipinski definition) is 3. The zero-order valence-electron chi connectivity index (χ0n) is 11.6. The number of carbonyl (C=O) groups excluding carboxylic acids is 1. The van der Waals surface area contributed by atoms with Gasteiger partial charge in [0.2, 0.25) is 0 Å². The molecule has 5 heteroatoms. The number of carboxylic acid groups (broad SMARTS) is 1. The molecular weight excluding hydrogens is 270 g/mol. The molecule has 1 N–H and O–H groups in total. The fourth-order valence-electron chi connectivity index (χ4n) is 2.84. The van der Waals surface area contributed by atoms with E-state index in [9.17, 15) is 14.7 Å². The van der Waals surface area contributed by atoms with E-state index in [1.807, 2.05) is 18.2 Å². The maximum absolute atomic E-state index is 12.6. The second-order valence-corrected chi connectivity index (χ2v) is 5.35. The summed E-state index contributed by atoms with van der Waals surface area (Å²) in [6.07, 6.45) is 3.12.